The summed E-state index contributed by atoms with van der Waals surface area (Å²) in [5.74, 6) is 0.613. The summed E-state index contributed by atoms with van der Waals surface area (Å²) in [7, 11) is 0. The lowest BCUT2D eigenvalue weighted by Crippen LogP contribution is -2.30. The molecule has 0 radical (unpaired) electrons. The molecule has 1 amide bonds. The average molecular weight is 380 g/mol. The van der Waals surface area contributed by atoms with E-state index in [1.807, 2.05) is 30.3 Å². The topological polar surface area (TPSA) is 66.2 Å². The van der Waals surface area contributed by atoms with Gasteiger partial charge in [-0.3, -0.25) is 9.78 Å². The van der Waals surface area contributed by atoms with Crippen LogP contribution in [0.5, 0.6) is 5.75 Å². The number of amides is 1. The maximum atomic E-state index is 12.6. The van der Waals surface area contributed by atoms with Gasteiger partial charge in [0.2, 0.25) is 5.91 Å². The van der Waals surface area contributed by atoms with E-state index in [0.717, 1.165) is 22.4 Å². The van der Waals surface area contributed by atoms with Gasteiger partial charge in [0, 0.05) is 42.1 Å². The summed E-state index contributed by atoms with van der Waals surface area (Å²) < 4.78 is 5.69. The zero-order valence-electron chi connectivity index (χ0n) is 14.6. The number of carbonyl (C=O) groups excluding carboxylic acids is 1. The second kappa shape index (κ2) is 9.02. The van der Waals surface area contributed by atoms with E-state index in [2.05, 4.69) is 11.1 Å². The molecule has 0 unspecified atom stereocenters. The van der Waals surface area contributed by atoms with Crippen LogP contribution >= 0.6 is 11.6 Å². The largest absolute Gasteiger partial charge is 0.488 e. The molecule has 1 aromatic heterocycles. The highest BCUT2D eigenvalue weighted by atomic mass is 35.5. The Morgan fingerprint density at radius 1 is 1.41 bits per heavy atom. The molecule has 0 saturated heterocycles. The van der Waals surface area contributed by atoms with Crippen molar-refractivity contribution in [1.29, 1.82) is 5.26 Å². The third kappa shape index (κ3) is 5.19. The fraction of sp³-hybridized carbons (Fsp3) is 0.190. The van der Waals surface area contributed by atoms with Gasteiger partial charge in [0.1, 0.15) is 12.4 Å². The Balaban J connectivity index is 1.72. The van der Waals surface area contributed by atoms with Crippen molar-refractivity contribution in [2.24, 2.45) is 0 Å². The van der Waals surface area contributed by atoms with Crippen molar-refractivity contribution in [3.63, 3.8) is 0 Å². The summed E-state index contributed by atoms with van der Waals surface area (Å²) in [4.78, 5) is 18.3. The lowest BCUT2D eigenvalue weighted by Gasteiger charge is -2.20. The first-order chi connectivity index (χ1) is 13.2. The van der Waals surface area contributed by atoms with E-state index >= 15 is 0 Å². The summed E-state index contributed by atoms with van der Waals surface area (Å²) in [5.41, 5.74) is 2.68. The van der Waals surface area contributed by atoms with Crippen LogP contribution < -0.4 is 4.74 Å². The van der Waals surface area contributed by atoms with Crippen LogP contribution in [-0.2, 0) is 11.3 Å². The summed E-state index contributed by atoms with van der Waals surface area (Å²) in [6.45, 7) is 1.16. The normalized spacial score (nSPS) is 12.7. The predicted octanol–water partition coefficient (Wildman–Crippen LogP) is 4.01. The number of aromatic nitrogens is 1. The van der Waals surface area contributed by atoms with E-state index in [9.17, 15) is 4.79 Å². The van der Waals surface area contributed by atoms with Crippen LogP contribution in [-0.4, -0.2) is 28.9 Å². The Morgan fingerprint density at radius 2 is 2.30 bits per heavy atom. The van der Waals surface area contributed by atoms with Gasteiger partial charge in [-0.2, -0.15) is 5.26 Å². The number of hydrogen-bond donors (Lipinski definition) is 0. The molecule has 1 aromatic carbocycles. The van der Waals surface area contributed by atoms with Crippen molar-refractivity contribution in [2.75, 3.05) is 13.2 Å². The lowest BCUT2D eigenvalue weighted by atomic mass is 10.1. The van der Waals surface area contributed by atoms with E-state index in [4.69, 9.17) is 21.6 Å². The molecule has 0 N–H and O–H groups in total. The van der Waals surface area contributed by atoms with E-state index in [0.29, 0.717) is 24.7 Å². The molecule has 6 heteroatoms. The minimum absolute atomic E-state index is 0.160. The molecule has 0 aliphatic carbocycles. The average Bonchev–Trinajstić information content (AvgIpc) is 2.69. The number of pyridine rings is 1. The van der Waals surface area contributed by atoms with Crippen LogP contribution in [0.25, 0.3) is 6.08 Å². The van der Waals surface area contributed by atoms with Crippen molar-refractivity contribution in [2.45, 2.75) is 13.0 Å². The van der Waals surface area contributed by atoms with Crippen molar-refractivity contribution < 1.29 is 9.53 Å². The number of hydrogen-bond acceptors (Lipinski definition) is 4. The fourth-order valence-corrected chi connectivity index (χ4v) is 2.89. The molecular weight excluding hydrogens is 362 g/mol. The molecule has 0 saturated carbocycles. The number of halogens is 1. The van der Waals surface area contributed by atoms with Gasteiger partial charge in [-0.1, -0.05) is 23.7 Å². The first-order valence-corrected chi connectivity index (χ1v) is 8.89. The number of benzene rings is 1. The van der Waals surface area contributed by atoms with Crippen molar-refractivity contribution >= 4 is 23.6 Å². The SMILES string of the molecule is N#CCCN(Cc1cccnc1)C(=O)/C=C/C1=Cc2cc(Cl)ccc2OC1. The van der Waals surface area contributed by atoms with Crippen LogP contribution in [0, 0.1) is 11.3 Å². The number of nitrogens with zero attached hydrogens (tertiary/aromatic N) is 3. The quantitative estimate of drug-likeness (QED) is 0.711. The molecule has 27 heavy (non-hydrogen) atoms. The molecule has 2 heterocycles. The molecule has 2 aromatic rings. The summed E-state index contributed by atoms with van der Waals surface area (Å²) in [5, 5.41) is 9.49. The summed E-state index contributed by atoms with van der Waals surface area (Å²) in [6.07, 6.45) is 8.89. The van der Waals surface area contributed by atoms with Crippen LogP contribution in [0.1, 0.15) is 17.5 Å². The second-order valence-electron chi connectivity index (χ2n) is 6.05. The van der Waals surface area contributed by atoms with E-state index < -0.39 is 0 Å². The van der Waals surface area contributed by atoms with Crippen molar-refractivity contribution in [3.8, 4) is 11.8 Å². The summed E-state index contributed by atoms with van der Waals surface area (Å²) in [6, 6.07) is 11.3. The van der Waals surface area contributed by atoms with Crippen molar-refractivity contribution in [3.05, 3.63) is 76.6 Å². The molecule has 1 aliphatic rings. The van der Waals surface area contributed by atoms with E-state index in [1.165, 1.54) is 6.08 Å². The maximum Gasteiger partial charge on any atom is 0.246 e. The van der Waals surface area contributed by atoms with Crippen LogP contribution in [0.4, 0.5) is 0 Å². The highest BCUT2D eigenvalue weighted by molar-refractivity contribution is 6.30. The molecule has 136 valence electrons. The van der Waals surface area contributed by atoms with Gasteiger partial charge in [0.15, 0.2) is 0 Å². The Morgan fingerprint density at radius 3 is 3.07 bits per heavy atom. The van der Waals surface area contributed by atoms with Gasteiger partial charge in [-0.05, 0) is 41.5 Å². The Hall–Kier alpha value is -3.10. The fourth-order valence-electron chi connectivity index (χ4n) is 2.71. The standard InChI is InChI=1S/C21H18ClN3O2/c22-19-5-6-20-18(12-19)11-16(15-27-20)4-7-21(26)25(10-2-8-23)14-17-3-1-9-24-13-17/h1,3-7,9,11-13H,2,10,14-15H2/b7-4+. The first-order valence-electron chi connectivity index (χ1n) is 8.51. The molecule has 1 aliphatic heterocycles. The number of carbonyl (C=O) groups is 1. The Labute approximate surface area is 163 Å². The molecule has 0 atom stereocenters. The third-order valence-corrected chi connectivity index (χ3v) is 4.28. The number of fused-ring (bicyclic) bond motifs is 1. The molecule has 3 rings (SSSR count). The molecule has 0 fully saturated rings. The smallest absolute Gasteiger partial charge is 0.246 e. The first kappa shape index (κ1) is 18.7. The van der Waals surface area contributed by atoms with Crippen LogP contribution in [0.2, 0.25) is 5.02 Å². The number of rotatable bonds is 6. The highest BCUT2D eigenvalue weighted by Gasteiger charge is 2.13. The van der Waals surface area contributed by atoms with Crippen molar-refractivity contribution in [1.82, 2.24) is 9.88 Å². The Kier molecular flexibility index (Phi) is 6.24. The van der Waals surface area contributed by atoms with Gasteiger partial charge < -0.3 is 9.64 Å². The minimum Gasteiger partial charge on any atom is -0.488 e. The van der Waals surface area contributed by atoms with Gasteiger partial charge in [0.25, 0.3) is 0 Å². The van der Waals surface area contributed by atoms with Gasteiger partial charge in [-0.15, -0.1) is 0 Å². The van der Waals surface area contributed by atoms with Gasteiger partial charge in [-0.25, -0.2) is 0 Å². The maximum absolute atomic E-state index is 12.6. The lowest BCUT2D eigenvalue weighted by molar-refractivity contribution is -0.126. The number of ether oxygens (including phenoxy) is 1. The molecule has 5 nitrogen and oxygen atoms in total. The van der Waals surface area contributed by atoms with Crippen LogP contribution in [0.3, 0.4) is 0 Å². The minimum atomic E-state index is -0.160. The molecule has 0 spiro atoms. The second-order valence-corrected chi connectivity index (χ2v) is 6.49. The zero-order chi connectivity index (χ0) is 19.1. The number of nitriles is 1. The third-order valence-electron chi connectivity index (χ3n) is 4.05. The predicted molar refractivity (Wildman–Crippen MR) is 104 cm³/mol. The Bertz CT molecular complexity index is 917. The van der Waals surface area contributed by atoms with Gasteiger partial charge in [0.05, 0.1) is 12.5 Å². The van der Waals surface area contributed by atoms with Crippen LogP contribution in [0.15, 0.2) is 60.5 Å². The summed E-state index contributed by atoms with van der Waals surface area (Å²) >= 11 is 6.02. The molecular formula is C21H18ClN3O2. The monoisotopic (exact) mass is 379 g/mol. The highest BCUT2D eigenvalue weighted by Crippen LogP contribution is 2.29. The zero-order valence-corrected chi connectivity index (χ0v) is 15.4. The van der Waals surface area contributed by atoms with E-state index in [-0.39, 0.29) is 12.3 Å². The van der Waals surface area contributed by atoms with E-state index in [1.54, 1.807) is 29.4 Å². The molecule has 0 bridgehead atoms. The van der Waals surface area contributed by atoms with Gasteiger partial charge >= 0.3 is 0 Å².